The lowest BCUT2D eigenvalue weighted by molar-refractivity contribution is -0.123. The highest BCUT2D eigenvalue weighted by atomic mass is 16.5. The van der Waals surface area contributed by atoms with E-state index in [2.05, 4.69) is 22.4 Å². The maximum Gasteiger partial charge on any atom is 0.258 e. The zero-order chi connectivity index (χ0) is 18.4. The number of benzene rings is 1. The van der Waals surface area contributed by atoms with Crippen molar-refractivity contribution in [3.63, 3.8) is 0 Å². The van der Waals surface area contributed by atoms with Crippen molar-refractivity contribution in [3.8, 4) is 11.5 Å². The number of aromatic nitrogens is 3. The summed E-state index contributed by atoms with van der Waals surface area (Å²) in [6.07, 6.45) is 2.82. The fourth-order valence-corrected chi connectivity index (χ4v) is 2.50. The van der Waals surface area contributed by atoms with Crippen LogP contribution in [0.25, 0.3) is 5.65 Å². The van der Waals surface area contributed by atoms with Gasteiger partial charge in [0.05, 0.1) is 12.6 Å². The monoisotopic (exact) mass is 354 g/mol. The van der Waals surface area contributed by atoms with Crippen LogP contribution in [0.15, 0.2) is 48.7 Å². The molecule has 7 nitrogen and oxygen atoms in total. The van der Waals surface area contributed by atoms with Gasteiger partial charge in [-0.2, -0.15) is 0 Å². The second kappa shape index (κ2) is 8.33. The van der Waals surface area contributed by atoms with Crippen molar-refractivity contribution < 1.29 is 14.3 Å². The summed E-state index contributed by atoms with van der Waals surface area (Å²) in [6, 6.07) is 12.6. The molecule has 1 amide bonds. The molecule has 0 saturated heterocycles. The number of ether oxygens (including phenoxy) is 2. The first-order valence-corrected chi connectivity index (χ1v) is 8.62. The number of carbonyl (C=O) groups excluding carboxylic acids is 1. The van der Waals surface area contributed by atoms with Crippen LogP contribution in [0.5, 0.6) is 11.5 Å². The van der Waals surface area contributed by atoms with Crippen molar-refractivity contribution in [2.24, 2.45) is 0 Å². The first-order chi connectivity index (χ1) is 12.7. The molecule has 0 bridgehead atoms. The smallest absolute Gasteiger partial charge is 0.258 e. The van der Waals surface area contributed by atoms with E-state index in [0.717, 1.165) is 17.8 Å². The van der Waals surface area contributed by atoms with Crippen molar-refractivity contribution >= 4 is 11.6 Å². The summed E-state index contributed by atoms with van der Waals surface area (Å²) >= 11 is 0. The van der Waals surface area contributed by atoms with Gasteiger partial charge in [0.25, 0.3) is 5.91 Å². The molecule has 2 heterocycles. The summed E-state index contributed by atoms with van der Waals surface area (Å²) in [6.45, 7) is 4.52. The van der Waals surface area contributed by atoms with Gasteiger partial charge in [0.15, 0.2) is 18.1 Å². The minimum absolute atomic E-state index is 0.0732. The predicted octanol–water partition coefficient (Wildman–Crippen LogP) is 2.77. The number of fused-ring (bicyclic) bond motifs is 1. The third-order valence-electron chi connectivity index (χ3n) is 3.77. The Bertz CT molecular complexity index is 861. The number of nitrogens with zero attached hydrogens (tertiary/aromatic N) is 3. The van der Waals surface area contributed by atoms with Gasteiger partial charge in [-0.15, -0.1) is 10.2 Å². The van der Waals surface area contributed by atoms with Crippen molar-refractivity contribution in [3.05, 3.63) is 54.5 Å². The summed E-state index contributed by atoms with van der Waals surface area (Å²) in [5, 5.41) is 11.1. The quantitative estimate of drug-likeness (QED) is 0.673. The van der Waals surface area contributed by atoms with Crippen LogP contribution in [-0.2, 0) is 4.79 Å². The summed E-state index contributed by atoms with van der Waals surface area (Å²) in [5.41, 5.74) is 0.741. The van der Waals surface area contributed by atoms with Crippen molar-refractivity contribution in [2.75, 3.05) is 13.2 Å². The number of rotatable bonds is 8. The largest absolute Gasteiger partial charge is 0.494 e. The first-order valence-electron chi connectivity index (χ1n) is 8.62. The van der Waals surface area contributed by atoms with Gasteiger partial charge in [0.1, 0.15) is 11.5 Å². The van der Waals surface area contributed by atoms with Crippen LogP contribution in [0.4, 0.5) is 0 Å². The normalized spacial score (nSPS) is 11.9. The molecule has 1 N–H and O–H groups in total. The van der Waals surface area contributed by atoms with Gasteiger partial charge in [0, 0.05) is 6.20 Å². The fourth-order valence-electron chi connectivity index (χ4n) is 2.50. The van der Waals surface area contributed by atoms with Crippen LogP contribution in [0, 0.1) is 0 Å². The Morgan fingerprint density at radius 3 is 2.58 bits per heavy atom. The molecule has 1 unspecified atom stereocenters. The van der Waals surface area contributed by atoms with Gasteiger partial charge in [-0.3, -0.25) is 9.20 Å². The average molecular weight is 354 g/mol. The van der Waals surface area contributed by atoms with E-state index < -0.39 is 0 Å². The fraction of sp³-hybridized carbons (Fsp3) is 0.316. The van der Waals surface area contributed by atoms with Crippen LogP contribution < -0.4 is 14.8 Å². The predicted molar refractivity (Wildman–Crippen MR) is 97.3 cm³/mol. The third-order valence-corrected chi connectivity index (χ3v) is 3.77. The van der Waals surface area contributed by atoms with Crippen LogP contribution in [0.1, 0.15) is 32.1 Å². The molecule has 0 radical (unpaired) electrons. The zero-order valence-corrected chi connectivity index (χ0v) is 14.9. The molecule has 1 aromatic carbocycles. The Morgan fingerprint density at radius 1 is 1.12 bits per heavy atom. The summed E-state index contributed by atoms with van der Waals surface area (Å²) in [4.78, 5) is 12.1. The second-order valence-corrected chi connectivity index (χ2v) is 5.88. The van der Waals surface area contributed by atoms with E-state index >= 15 is 0 Å². The highest BCUT2D eigenvalue weighted by Crippen LogP contribution is 2.18. The molecule has 0 aliphatic heterocycles. The van der Waals surface area contributed by atoms with Crippen LogP contribution in [0.2, 0.25) is 0 Å². The van der Waals surface area contributed by atoms with Crippen molar-refractivity contribution in [2.45, 2.75) is 26.3 Å². The van der Waals surface area contributed by atoms with E-state index in [1.807, 2.05) is 47.9 Å². The molecule has 3 rings (SSSR count). The van der Waals surface area contributed by atoms with Gasteiger partial charge in [-0.25, -0.2) is 0 Å². The molecule has 0 aliphatic rings. The molecule has 7 heteroatoms. The van der Waals surface area contributed by atoms with Crippen LogP contribution >= 0.6 is 0 Å². The summed E-state index contributed by atoms with van der Waals surface area (Å²) in [7, 11) is 0. The lowest BCUT2D eigenvalue weighted by atomic mass is 10.3. The lowest BCUT2D eigenvalue weighted by Crippen LogP contribution is -2.32. The minimum atomic E-state index is -0.284. The first kappa shape index (κ1) is 17.7. The van der Waals surface area contributed by atoms with E-state index in [1.54, 1.807) is 12.1 Å². The van der Waals surface area contributed by atoms with Crippen LogP contribution in [0.3, 0.4) is 0 Å². The van der Waals surface area contributed by atoms with Gasteiger partial charge in [-0.1, -0.05) is 13.0 Å². The number of hydrogen-bond acceptors (Lipinski definition) is 5. The second-order valence-electron chi connectivity index (χ2n) is 5.88. The molecule has 26 heavy (non-hydrogen) atoms. The van der Waals surface area contributed by atoms with Crippen molar-refractivity contribution in [1.29, 1.82) is 0 Å². The van der Waals surface area contributed by atoms with E-state index in [0.29, 0.717) is 18.2 Å². The molecule has 0 aliphatic carbocycles. The molecule has 3 aromatic rings. The summed E-state index contributed by atoms with van der Waals surface area (Å²) in [5.74, 6) is 1.85. The van der Waals surface area contributed by atoms with E-state index in [-0.39, 0.29) is 18.6 Å². The standard InChI is InChI=1S/C19H22N4O3/c1-3-12-25-15-7-9-16(10-8-15)26-13-18(24)20-14(2)19-22-21-17-6-4-5-11-23(17)19/h4-11,14H,3,12-13H2,1-2H3,(H,20,24). The number of amides is 1. The molecular formula is C19H22N4O3. The Labute approximate surface area is 152 Å². The maximum atomic E-state index is 12.1. The van der Waals surface area contributed by atoms with Crippen LogP contribution in [-0.4, -0.2) is 33.7 Å². The lowest BCUT2D eigenvalue weighted by Gasteiger charge is -2.13. The molecule has 0 spiro atoms. The Hall–Kier alpha value is -3.09. The highest BCUT2D eigenvalue weighted by Gasteiger charge is 2.15. The number of carbonyl (C=O) groups is 1. The van der Waals surface area contributed by atoms with E-state index in [4.69, 9.17) is 9.47 Å². The number of nitrogens with one attached hydrogen (secondary N) is 1. The van der Waals surface area contributed by atoms with Gasteiger partial charge < -0.3 is 14.8 Å². The molecule has 0 saturated carbocycles. The molecule has 2 aromatic heterocycles. The Morgan fingerprint density at radius 2 is 1.85 bits per heavy atom. The molecule has 136 valence electrons. The molecular weight excluding hydrogens is 332 g/mol. The SMILES string of the molecule is CCCOc1ccc(OCC(=O)NC(C)c2nnc3ccccn23)cc1. The summed E-state index contributed by atoms with van der Waals surface area (Å²) < 4.78 is 12.9. The zero-order valence-electron chi connectivity index (χ0n) is 14.9. The van der Waals surface area contributed by atoms with Crippen molar-refractivity contribution in [1.82, 2.24) is 19.9 Å². The molecule has 1 atom stereocenters. The van der Waals surface area contributed by atoms with Gasteiger partial charge >= 0.3 is 0 Å². The maximum absolute atomic E-state index is 12.1. The third kappa shape index (κ3) is 4.30. The van der Waals surface area contributed by atoms with E-state index in [9.17, 15) is 4.79 Å². The Kier molecular flexibility index (Phi) is 5.68. The minimum Gasteiger partial charge on any atom is -0.494 e. The van der Waals surface area contributed by atoms with Gasteiger partial charge in [0.2, 0.25) is 0 Å². The Balaban J connectivity index is 1.52. The highest BCUT2D eigenvalue weighted by molar-refractivity contribution is 5.77. The van der Waals surface area contributed by atoms with E-state index in [1.165, 1.54) is 0 Å². The average Bonchev–Trinajstić information content (AvgIpc) is 3.10. The molecule has 0 fully saturated rings. The number of pyridine rings is 1. The number of hydrogen-bond donors (Lipinski definition) is 1. The van der Waals surface area contributed by atoms with Gasteiger partial charge in [-0.05, 0) is 49.7 Å². The topological polar surface area (TPSA) is 77.8 Å².